The summed E-state index contributed by atoms with van der Waals surface area (Å²) in [5.74, 6) is -1.30. The van der Waals surface area contributed by atoms with E-state index in [1.54, 1.807) is 12.1 Å². The van der Waals surface area contributed by atoms with E-state index in [0.29, 0.717) is 11.6 Å². The molecule has 1 aliphatic carbocycles. The van der Waals surface area contributed by atoms with Crippen LogP contribution >= 0.6 is 0 Å². The predicted octanol–water partition coefficient (Wildman–Crippen LogP) is 5.83. The topological polar surface area (TPSA) is 117 Å². The molecule has 0 aliphatic heterocycles. The summed E-state index contributed by atoms with van der Waals surface area (Å²) in [5, 5.41) is 21.2. The molecule has 1 saturated carbocycles. The fraction of sp³-hybridized carbons (Fsp3) is 0.333. The van der Waals surface area contributed by atoms with E-state index in [-0.39, 0.29) is 24.0 Å². The Labute approximate surface area is 198 Å². The number of amides is 1. The summed E-state index contributed by atoms with van der Waals surface area (Å²) < 4.78 is 44.6. The van der Waals surface area contributed by atoms with Crippen molar-refractivity contribution >= 4 is 29.3 Å². The van der Waals surface area contributed by atoms with E-state index in [1.165, 1.54) is 18.2 Å². The molecule has 8 nitrogen and oxygen atoms in total. The van der Waals surface area contributed by atoms with Crippen LogP contribution in [0, 0.1) is 5.92 Å². The van der Waals surface area contributed by atoms with Crippen molar-refractivity contribution in [3.8, 4) is 0 Å². The molecule has 0 spiro atoms. The summed E-state index contributed by atoms with van der Waals surface area (Å²) >= 11 is 0. The summed E-state index contributed by atoms with van der Waals surface area (Å²) in [6.45, 7) is 0. The summed E-state index contributed by atoms with van der Waals surface area (Å²) in [6, 6.07) is 11.8. The lowest BCUT2D eigenvalue weighted by atomic mass is 9.77. The Bertz CT molecular complexity index is 1190. The highest BCUT2D eigenvalue weighted by Crippen LogP contribution is 2.38. The van der Waals surface area contributed by atoms with Gasteiger partial charge in [-0.3, -0.25) is 9.59 Å². The molecule has 1 aromatic heterocycles. The normalized spacial score (nSPS) is 18.1. The number of carbonyl (C=O) groups is 2. The molecule has 11 heteroatoms. The maximum Gasteiger partial charge on any atom is 0.418 e. The molecule has 3 N–H and O–H groups in total. The highest BCUT2D eigenvalue weighted by molar-refractivity contribution is 6.00. The molecule has 1 aliphatic rings. The molecule has 0 unspecified atom stereocenters. The molecule has 184 valence electrons. The van der Waals surface area contributed by atoms with Crippen LogP contribution in [-0.2, 0) is 11.0 Å². The van der Waals surface area contributed by atoms with E-state index < -0.39 is 29.5 Å². The van der Waals surface area contributed by atoms with Crippen molar-refractivity contribution < 1.29 is 32.3 Å². The average Bonchev–Trinajstić information content (AvgIpc) is 3.28. The third-order valence-corrected chi connectivity index (χ3v) is 6.04. The van der Waals surface area contributed by atoms with Crippen LogP contribution in [0.5, 0.6) is 0 Å². The van der Waals surface area contributed by atoms with Gasteiger partial charge in [-0.25, -0.2) is 0 Å². The number of halogens is 3. The van der Waals surface area contributed by atoms with Gasteiger partial charge >= 0.3 is 30.0 Å². The number of hydrogen-bond acceptors (Lipinski definition) is 6. The van der Waals surface area contributed by atoms with E-state index in [4.69, 9.17) is 9.52 Å². The lowest BCUT2D eigenvalue weighted by molar-refractivity contribution is -0.138. The minimum Gasteiger partial charge on any atom is -0.481 e. The van der Waals surface area contributed by atoms with Gasteiger partial charge in [0, 0.05) is 12.1 Å². The molecule has 0 saturated heterocycles. The Morgan fingerprint density at radius 2 is 1.69 bits per heavy atom. The van der Waals surface area contributed by atoms with Crippen LogP contribution < -0.4 is 10.6 Å². The first-order chi connectivity index (χ1) is 16.7. The Balaban J connectivity index is 1.34. The zero-order chi connectivity index (χ0) is 25.0. The number of nitrogens with zero attached hydrogens (tertiary/aromatic N) is 2. The van der Waals surface area contributed by atoms with Crippen molar-refractivity contribution in [1.82, 2.24) is 10.2 Å². The number of carbonyl (C=O) groups excluding carboxylic acids is 1. The van der Waals surface area contributed by atoms with Gasteiger partial charge in [0.15, 0.2) is 0 Å². The molecule has 3 aromatic rings. The minimum absolute atomic E-state index is 0.208. The second-order valence-corrected chi connectivity index (χ2v) is 8.47. The minimum atomic E-state index is -4.58. The molecular formula is C24H23F3N4O4. The molecule has 1 heterocycles. The average molecular weight is 488 g/mol. The van der Waals surface area contributed by atoms with Gasteiger partial charge in [-0.2, -0.15) is 13.2 Å². The van der Waals surface area contributed by atoms with E-state index in [1.807, 2.05) is 12.1 Å². The predicted molar refractivity (Wildman–Crippen MR) is 120 cm³/mol. The highest BCUT2D eigenvalue weighted by Gasteiger charge is 2.33. The maximum absolute atomic E-state index is 13.1. The molecule has 1 fully saturated rings. The number of rotatable bonds is 7. The van der Waals surface area contributed by atoms with Crippen molar-refractivity contribution in [3.63, 3.8) is 0 Å². The van der Waals surface area contributed by atoms with Crippen molar-refractivity contribution in [3.05, 3.63) is 65.5 Å². The van der Waals surface area contributed by atoms with Gasteiger partial charge in [0.1, 0.15) is 0 Å². The number of alkyl halides is 3. The highest BCUT2D eigenvalue weighted by atomic mass is 19.4. The maximum atomic E-state index is 13.1. The molecule has 0 atom stereocenters. The van der Waals surface area contributed by atoms with Crippen molar-refractivity contribution in [2.45, 2.75) is 44.2 Å². The number of aromatic nitrogens is 2. The van der Waals surface area contributed by atoms with Crippen LogP contribution in [0.25, 0.3) is 0 Å². The van der Waals surface area contributed by atoms with Crippen LogP contribution in [0.1, 0.15) is 59.8 Å². The third-order valence-electron chi connectivity index (χ3n) is 6.04. The molecule has 0 radical (unpaired) electrons. The van der Waals surface area contributed by atoms with Gasteiger partial charge in [0.25, 0.3) is 0 Å². The number of carboxylic acids is 1. The first-order valence-corrected chi connectivity index (χ1v) is 11.1. The van der Waals surface area contributed by atoms with E-state index >= 15 is 0 Å². The molecule has 0 bridgehead atoms. The number of nitrogens with one attached hydrogen (secondary N) is 2. The van der Waals surface area contributed by atoms with Gasteiger partial charge < -0.3 is 20.2 Å². The molecule has 35 heavy (non-hydrogen) atoms. The van der Waals surface area contributed by atoms with Crippen LogP contribution in [-0.4, -0.2) is 27.2 Å². The first-order valence-electron chi connectivity index (χ1n) is 11.1. The van der Waals surface area contributed by atoms with Gasteiger partial charge in [0.05, 0.1) is 11.3 Å². The number of para-hydroxylation sites is 1. The summed E-state index contributed by atoms with van der Waals surface area (Å²) in [6.07, 6.45) is -0.794. The fourth-order valence-corrected chi connectivity index (χ4v) is 4.29. The largest absolute Gasteiger partial charge is 0.481 e. The summed E-state index contributed by atoms with van der Waals surface area (Å²) in [5.41, 5.74) is 0.431. The van der Waals surface area contributed by atoms with Crippen LogP contribution in [0.3, 0.4) is 0 Å². The Morgan fingerprint density at radius 1 is 1.00 bits per heavy atom. The van der Waals surface area contributed by atoms with Gasteiger partial charge in [0.2, 0.25) is 0 Å². The number of hydrogen-bond donors (Lipinski definition) is 3. The lowest BCUT2D eigenvalue weighted by Gasteiger charge is -2.28. The standard InChI is InChI=1S/C24H23F3N4O4/c25-24(26,27)18-3-1-2-4-19(18)29-23-31-30-22(35-23)21(34)28-17-11-9-16(10-12-17)15-7-5-14(6-8-15)13-20(32)33/h1-4,9-12,14-15H,5-8,13H2,(H,28,34)(H,29,31)(H,32,33). The van der Waals surface area contributed by atoms with Crippen LogP contribution in [0.4, 0.5) is 30.6 Å². The first kappa shape index (κ1) is 24.2. The van der Waals surface area contributed by atoms with Gasteiger partial charge in [-0.05, 0) is 67.3 Å². The third kappa shape index (κ3) is 6.17. The lowest BCUT2D eigenvalue weighted by Crippen LogP contribution is -2.16. The van der Waals surface area contributed by atoms with Crippen molar-refractivity contribution in [1.29, 1.82) is 0 Å². The number of carboxylic acid groups (broad SMARTS) is 1. The smallest absolute Gasteiger partial charge is 0.418 e. The van der Waals surface area contributed by atoms with Gasteiger partial charge in [-0.1, -0.05) is 29.4 Å². The van der Waals surface area contributed by atoms with E-state index in [2.05, 4.69) is 20.8 Å². The van der Waals surface area contributed by atoms with Crippen LogP contribution in [0.15, 0.2) is 52.9 Å². The van der Waals surface area contributed by atoms with Crippen molar-refractivity contribution in [2.75, 3.05) is 10.6 Å². The summed E-state index contributed by atoms with van der Waals surface area (Å²) in [7, 11) is 0. The number of benzene rings is 2. The summed E-state index contributed by atoms with van der Waals surface area (Å²) in [4.78, 5) is 23.3. The zero-order valence-electron chi connectivity index (χ0n) is 18.5. The van der Waals surface area contributed by atoms with Crippen LogP contribution in [0.2, 0.25) is 0 Å². The Hall–Kier alpha value is -3.89. The SMILES string of the molecule is O=C(O)CC1CCC(c2ccc(NC(=O)c3nnc(Nc4ccccc4C(F)(F)F)o3)cc2)CC1. The second-order valence-electron chi connectivity index (χ2n) is 8.47. The number of anilines is 3. The van der Waals surface area contributed by atoms with E-state index in [9.17, 15) is 22.8 Å². The Morgan fingerprint density at radius 3 is 2.34 bits per heavy atom. The quantitative estimate of drug-likeness (QED) is 0.383. The van der Waals surface area contributed by atoms with Gasteiger partial charge in [-0.15, -0.1) is 5.10 Å². The number of aliphatic carboxylic acids is 1. The molecule has 1 amide bonds. The zero-order valence-corrected chi connectivity index (χ0v) is 18.5. The van der Waals surface area contributed by atoms with Crippen molar-refractivity contribution in [2.24, 2.45) is 5.92 Å². The Kier molecular flexibility index (Phi) is 7.04. The molecule has 4 rings (SSSR count). The monoisotopic (exact) mass is 488 g/mol. The van der Waals surface area contributed by atoms with E-state index in [0.717, 1.165) is 37.3 Å². The molecule has 2 aromatic carbocycles. The second kappa shape index (κ2) is 10.2. The fourth-order valence-electron chi connectivity index (χ4n) is 4.29. The molecular weight excluding hydrogens is 465 g/mol.